The second kappa shape index (κ2) is 11.2. The Morgan fingerprint density at radius 2 is 1.17 bits per heavy atom. The van der Waals surface area contributed by atoms with Gasteiger partial charge in [0.15, 0.2) is 0 Å². The van der Waals surface area contributed by atoms with Crippen LogP contribution < -0.4 is 0 Å². The lowest BCUT2D eigenvalue weighted by molar-refractivity contribution is 0.624. The molecule has 134 valence electrons. The number of halogens is 3. The Morgan fingerprint density at radius 1 is 0.750 bits per heavy atom. The number of aryl methyl sites for hydroxylation is 1. The number of benzene rings is 2. The Labute approximate surface area is 150 Å². The molecule has 0 N–H and O–H groups in total. The van der Waals surface area contributed by atoms with Crippen molar-refractivity contribution >= 4 is 11.6 Å². The quantitative estimate of drug-likeness (QED) is 0.514. The molecule has 0 saturated heterocycles. The topological polar surface area (TPSA) is 0 Å². The van der Waals surface area contributed by atoms with Crippen LogP contribution in [0.1, 0.15) is 70.1 Å². The molecule has 0 aliphatic rings. The molecule has 0 aromatic heterocycles. The van der Waals surface area contributed by atoms with E-state index in [4.69, 9.17) is 11.6 Å². The van der Waals surface area contributed by atoms with Gasteiger partial charge in [-0.2, -0.15) is 0 Å². The van der Waals surface area contributed by atoms with Gasteiger partial charge < -0.3 is 0 Å². The van der Waals surface area contributed by atoms with E-state index in [1.807, 2.05) is 40.7 Å². The first-order chi connectivity index (χ1) is 11.2. The maximum Gasteiger partial charge on any atom is 0.124 e. The van der Waals surface area contributed by atoms with Gasteiger partial charge in [-0.15, -0.1) is 0 Å². The van der Waals surface area contributed by atoms with Crippen LogP contribution in [0.5, 0.6) is 0 Å². The van der Waals surface area contributed by atoms with Crippen molar-refractivity contribution in [2.75, 3.05) is 0 Å². The van der Waals surface area contributed by atoms with Gasteiger partial charge >= 0.3 is 0 Å². The minimum atomic E-state index is -0.278. The molecule has 0 atom stereocenters. The maximum absolute atomic E-state index is 12.6. The average molecular weight is 355 g/mol. The third-order valence-corrected chi connectivity index (χ3v) is 3.77. The summed E-state index contributed by atoms with van der Waals surface area (Å²) in [5, 5.41) is 0.514. The minimum absolute atomic E-state index is 0.146. The van der Waals surface area contributed by atoms with Crippen molar-refractivity contribution in [3.63, 3.8) is 0 Å². The summed E-state index contributed by atoms with van der Waals surface area (Å²) >= 11 is 5.78. The summed E-state index contributed by atoms with van der Waals surface area (Å²) in [4.78, 5) is 0. The zero-order chi connectivity index (χ0) is 18.9. The summed E-state index contributed by atoms with van der Waals surface area (Å²) < 4.78 is 25.1. The maximum atomic E-state index is 12.6. The van der Waals surface area contributed by atoms with Crippen molar-refractivity contribution in [2.45, 2.75) is 60.3 Å². The van der Waals surface area contributed by atoms with E-state index < -0.39 is 0 Å². The SMILES string of the molecule is CC.CC(C)c1ccc(F)cc1Cl.Cc1cc(F)ccc1C(C)C. The molecule has 0 bridgehead atoms. The fraction of sp³-hybridized carbons (Fsp3) is 0.429. The molecule has 2 rings (SSSR count). The van der Waals surface area contributed by atoms with Gasteiger partial charge in [0.2, 0.25) is 0 Å². The van der Waals surface area contributed by atoms with Crippen LogP contribution >= 0.6 is 11.6 Å². The predicted octanol–water partition coefficient (Wildman–Crippen LogP) is 7.89. The Kier molecular flexibility index (Phi) is 10.5. The van der Waals surface area contributed by atoms with Gasteiger partial charge in [-0.1, -0.05) is 65.3 Å². The average Bonchev–Trinajstić information content (AvgIpc) is 2.49. The van der Waals surface area contributed by atoms with Crippen LogP contribution in [-0.4, -0.2) is 0 Å². The highest BCUT2D eigenvalue weighted by Crippen LogP contribution is 2.24. The largest absolute Gasteiger partial charge is 0.207 e. The highest BCUT2D eigenvalue weighted by molar-refractivity contribution is 6.31. The van der Waals surface area contributed by atoms with E-state index in [1.54, 1.807) is 12.1 Å². The van der Waals surface area contributed by atoms with E-state index in [1.165, 1.54) is 23.8 Å². The number of rotatable bonds is 2. The summed E-state index contributed by atoms with van der Waals surface area (Å²) in [5.41, 5.74) is 3.26. The third kappa shape index (κ3) is 7.44. The molecule has 0 spiro atoms. The second-order valence-corrected chi connectivity index (χ2v) is 6.38. The molecule has 0 amide bonds. The smallest absolute Gasteiger partial charge is 0.124 e. The van der Waals surface area contributed by atoms with Crippen molar-refractivity contribution in [3.05, 3.63) is 69.7 Å². The second-order valence-electron chi connectivity index (χ2n) is 5.98. The van der Waals surface area contributed by atoms with Crippen molar-refractivity contribution in [2.24, 2.45) is 0 Å². The molecule has 2 aromatic rings. The van der Waals surface area contributed by atoms with Crippen LogP contribution in [0.25, 0.3) is 0 Å². The van der Waals surface area contributed by atoms with Gasteiger partial charge in [0.1, 0.15) is 11.6 Å². The lowest BCUT2D eigenvalue weighted by Gasteiger charge is -2.08. The molecule has 0 radical (unpaired) electrons. The molecule has 0 nitrogen and oxygen atoms in total. The highest BCUT2D eigenvalue weighted by atomic mass is 35.5. The van der Waals surface area contributed by atoms with Crippen molar-refractivity contribution in [1.82, 2.24) is 0 Å². The molecule has 2 aromatic carbocycles. The minimum Gasteiger partial charge on any atom is -0.207 e. The Hall–Kier alpha value is -1.41. The molecule has 0 aliphatic heterocycles. The lowest BCUT2D eigenvalue weighted by Crippen LogP contribution is -1.91. The van der Waals surface area contributed by atoms with Crippen molar-refractivity contribution in [1.29, 1.82) is 0 Å². The summed E-state index contributed by atoms with van der Waals surface area (Å²) in [6.45, 7) is 14.2. The van der Waals surface area contributed by atoms with Gasteiger partial charge in [-0.3, -0.25) is 0 Å². The molecule has 0 unspecified atom stereocenters. The standard InChI is InChI=1S/C10H13F.C9H10ClF.C2H6/c1-7(2)10-5-4-9(11)6-8(10)3;1-6(2)8-4-3-7(11)5-9(8)10;1-2/h4-7H,1-3H3;3-6H,1-2H3;1-2H3. The van der Waals surface area contributed by atoms with Gasteiger partial charge in [0.05, 0.1) is 0 Å². The van der Waals surface area contributed by atoms with Crippen LogP contribution in [0.15, 0.2) is 36.4 Å². The fourth-order valence-corrected chi connectivity index (χ4v) is 2.64. The zero-order valence-corrected chi connectivity index (χ0v) is 16.5. The Bertz CT molecular complexity index is 564. The summed E-state index contributed by atoms with van der Waals surface area (Å²) in [7, 11) is 0. The van der Waals surface area contributed by atoms with Gasteiger partial charge in [0.25, 0.3) is 0 Å². The normalized spacial score (nSPS) is 10.0. The van der Waals surface area contributed by atoms with E-state index in [9.17, 15) is 8.78 Å². The zero-order valence-electron chi connectivity index (χ0n) is 15.8. The first kappa shape index (κ1) is 22.6. The number of hydrogen-bond donors (Lipinski definition) is 0. The van der Waals surface area contributed by atoms with E-state index >= 15 is 0 Å². The molecular formula is C21H29ClF2. The fourth-order valence-electron chi connectivity index (χ4n) is 2.26. The van der Waals surface area contributed by atoms with E-state index in [0.29, 0.717) is 16.9 Å². The third-order valence-electron chi connectivity index (χ3n) is 3.44. The molecule has 0 heterocycles. The summed E-state index contributed by atoms with van der Waals surface area (Å²) in [5.74, 6) is 0.407. The summed E-state index contributed by atoms with van der Waals surface area (Å²) in [6, 6.07) is 9.45. The van der Waals surface area contributed by atoms with Crippen molar-refractivity contribution in [3.8, 4) is 0 Å². The van der Waals surface area contributed by atoms with Crippen LogP contribution in [0.4, 0.5) is 8.78 Å². The molecule has 0 aliphatic carbocycles. The monoisotopic (exact) mass is 354 g/mol. The predicted molar refractivity (Wildman–Crippen MR) is 102 cm³/mol. The Balaban J connectivity index is 0.000000400. The molecule has 3 heteroatoms. The molecular weight excluding hydrogens is 326 g/mol. The van der Waals surface area contributed by atoms with Gasteiger partial charge in [-0.25, -0.2) is 8.78 Å². The van der Waals surface area contributed by atoms with Crippen LogP contribution in [0, 0.1) is 18.6 Å². The lowest BCUT2D eigenvalue weighted by atomic mass is 9.98. The van der Waals surface area contributed by atoms with Crippen molar-refractivity contribution < 1.29 is 8.78 Å². The van der Waals surface area contributed by atoms with Crippen LogP contribution in [-0.2, 0) is 0 Å². The van der Waals surface area contributed by atoms with Crippen LogP contribution in [0.3, 0.4) is 0 Å². The van der Waals surface area contributed by atoms with Gasteiger partial charge in [-0.05, 0) is 59.7 Å². The first-order valence-electron chi connectivity index (χ1n) is 8.43. The van der Waals surface area contributed by atoms with E-state index in [-0.39, 0.29) is 11.6 Å². The Morgan fingerprint density at radius 3 is 1.54 bits per heavy atom. The van der Waals surface area contributed by atoms with E-state index in [0.717, 1.165) is 11.1 Å². The highest BCUT2D eigenvalue weighted by Gasteiger charge is 2.04. The molecule has 24 heavy (non-hydrogen) atoms. The number of hydrogen-bond acceptors (Lipinski definition) is 0. The molecule has 0 fully saturated rings. The van der Waals surface area contributed by atoms with Gasteiger partial charge in [0, 0.05) is 5.02 Å². The molecule has 0 saturated carbocycles. The van der Waals surface area contributed by atoms with E-state index in [2.05, 4.69) is 13.8 Å². The van der Waals surface area contributed by atoms with Crippen LogP contribution in [0.2, 0.25) is 5.02 Å². The summed E-state index contributed by atoms with van der Waals surface area (Å²) in [6.07, 6.45) is 0. The first-order valence-corrected chi connectivity index (χ1v) is 8.81.